The van der Waals surface area contributed by atoms with E-state index in [2.05, 4.69) is 26.8 Å². The second-order valence-electron chi connectivity index (χ2n) is 4.81. The number of hydrogen-bond donors (Lipinski definition) is 2. The van der Waals surface area contributed by atoms with Crippen LogP contribution in [-0.4, -0.2) is 32.6 Å². The summed E-state index contributed by atoms with van der Waals surface area (Å²) in [6.07, 6.45) is 0. The number of methoxy groups -OCH3 is 2. The van der Waals surface area contributed by atoms with Gasteiger partial charge in [-0.15, -0.1) is 0 Å². The monoisotopic (exact) mass is 408 g/mol. The van der Waals surface area contributed by atoms with E-state index in [4.69, 9.17) is 14.2 Å². The Balaban J connectivity index is 1.84. The molecule has 2 N–H and O–H groups in total. The fourth-order valence-electron chi connectivity index (χ4n) is 1.89. The predicted octanol–water partition coefficient (Wildman–Crippen LogP) is 2.31. The molecule has 0 spiro atoms. The van der Waals surface area contributed by atoms with Gasteiger partial charge in [-0.2, -0.15) is 0 Å². The van der Waals surface area contributed by atoms with Gasteiger partial charge in [0.05, 0.1) is 14.2 Å². The zero-order chi connectivity index (χ0) is 18.2. The lowest BCUT2D eigenvalue weighted by Crippen LogP contribution is -2.43. The molecule has 0 saturated heterocycles. The highest BCUT2D eigenvalue weighted by Crippen LogP contribution is 2.27. The first-order valence-electron chi connectivity index (χ1n) is 7.23. The zero-order valence-corrected chi connectivity index (χ0v) is 15.3. The minimum absolute atomic E-state index is 0.228. The Hall–Kier alpha value is -2.74. The number of carbonyl (C=O) groups is 2. The summed E-state index contributed by atoms with van der Waals surface area (Å²) in [7, 11) is 2.98. The van der Waals surface area contributed by atoms with Gasteiger partial charge >= 0.3 is 0 Å². The van der Waals surface area contributed by atoms with Crippen LogP contribution in [0.4, 0.5) is 0 Å². The number of benzene rings is 2. The molecule has 2 aromatic rings. The molecule has 0 aromatic heterocycles. The van der Waals surface area contributed by atoms with Gasteiger partial charge in [-0.25, -0.2) is 0 Å². The van der Waals surface area contributed by atoms with E-state index in [1.807, 2.05) is 0 Å². The van der Waals surface area contributed by atoms with Gasteiger partial charge in [-0.3, -0.25) is 20.4 Å². The van der Waals surface area contributed by atoms with Crippen LogP contribution in [0.1, 0.15) is 10.4 Å². The van der Waals surface area contributed by atoms with Crippen molar-refractivity contribution in [2.75, 3.05) is 20.8 Å². The summed E-state index contributed by atoms with van der Waals surface area (Å²) >= 11 is 3.31. The average molecular weight is 409 g/mol. The SMILES string of the molecule is COc1ccc(C(=O)NNC(=O)COc2ccc(Br)cc2)cc1OC. The summed E-state index contributed by atoms with van der Waals surface area (Å²) in [5.74, 6) is 0.491. The lowest BCUT2D eigenvalue weighted by molar-refractivity contribution is -0.123. The molecule has 2 amide bonds. The number of rotatable bonds is 6. The van der Waals surface area contributed by atoms with Crippen molar-refractivity contribution in [3.8, 4) is 17.2 Å². The number of carbonyl (C=O) groups excluding carboxylic acids is 2. The van der Waals surface area contributed by atoms with Crippen LogP contribution in [0.5, 0.6) is 17.2 Å². The molecular weight excluding hydrogens is 392 g/mol. The van der Waals surface area contributed by atoms with E-state index in [1.54, 1.807) is 36.4 Å². The van der Waals surface area contributed by atoms with E-state index in [1.165, 1.54) is 20.3 Å². The van der Waals surface area contributed by atoms with E-state index < -0.39 is 11.8 Å². The number of halogens is 1. The van der Waals surface area contributed by atoms with Crippen molar-refractivity contribution in [1.29, 1.82) is 0 Å². The molecule has 8 heteroatoms. The van der Waals surface area contributed by atoms with E-state index >= 15 is 0 Å². The van der Waals surface area contributed by atoms with Crippen LogP contribution < -0.4 is 25.1 Å². The Morgan fingerprint density at radius 2 is 1.64 bits per heavy atom. The van der Waals surface area contributed by atoms with Crippen molar-refractivity contribution in [2.24, 2.45) is 0 Å². The molecule has 0 unspecified atom stereocenters. The van der Waals surface area contributed by atoms with Gasteiger partial charge in [0.1, 0.15) is 5.75 Å². The minimum atomic E-state index is -0.489. The van der Waals surface area contributed by atoms with Gasteiger partial charge in [0.25, 0.3) is 11.8 Å². The Bertz CT molecular complexity index is 749. The maximum absolute atomic E-state index is 12.1. The van der Waals surface area contributed by atoms with Crippen LogP contribution >= 0.6 is 15.9 Å². The van der Waals surface area contributed by atoms with Gasteiger partial charge in [0.15, 0.2) is 18.1 Å². The molecule has 2 aromatic carbocycles. The quantitative estimate of drug-likeness (QED) is 0.716. The first-order chi connectivity index (χ1) is 12.0. The third kappa shape index (κ3) is 5.39. The van der Waals surface area contributed by atoms with Crippen molar-refractivity contribution >= 4 is 27.7 Å². The second-order valence-corrected chi connectivity index (χ2v) is 5.73. The lowest BCUT2D eigenvalue weighted by Gasteiger charge is -2.11. The highest BCUT2D eigenvalue weighted by molar-refractivity contribution is 9.10. The van der Waals surface area contributed by atoms with Gasteiger partial charge in [0.2, 0.25) is 0 Å². The minimum Gasteiger partial charge on any atom is -0.493 e. The van der Waals surface area contributed by atoms with Crippen LogP contribution in [-0.2, 0) is 4.79 Å². The molecular formula is C17H17BrN2O5. The zero-order valence-electron chi connectivity index (χ0n) is 13.7. The van der Waals surface area contributed by atoms with Crippen molar-refractivity contribution in [3.05, 3.63) is 52.5 Å². The normalized spacial score (nSPS) is 9.88. The molecule has 0 atom stereocenters. The van der Waals surface area contributed by atoms with E-state index in [-0.39, 0.29) is 6.61 Å². The molecule has 0 radical (unpaired) electrons. The number of hydrogen-bond acceptors (Lipinski definition) is 5. The number of hydrazine groups is 1. The summed E-state index contributed by atoms with van der Waals surface area (Å²) in [4.78, 5) is 23.8. The lowest BCUT2D eigenvalue weighted by atomic mass is 10.2. The predicted molar refractivity (Wildman–Crippen MR) is 94.8 cm³/mol. The molecule has 0 aliphatic rings. The van der Waals surface area contributed by atoms with Gasteiger partial charge in [0, 0.05) is 10.0 Å². The van der Waals surface area contributed by atoms with Crippen LogP contribution in [0.3, 0.4) is 0 Å². The van der Waals surface area contributed by atoms with E-state index in [0.29, 0.717) is 22.8 Å². The fraction of sp³-hybridized carbons (Fsp3) is 0.176. The van der Waals surface area contributed by atoms with E-state index in [9.17, 15) is 9.59 Å². The van der Waals surface area contributed by atoms with Gasteiger partial charge < -0.3 is 14.2 Å². The standard InChI is InChI=1S/C17H17BrN2O5/c1-23-14-8-3-11(9-15(14)24-2)17(22)20-19-16(21)10-25-13-6-4-12(18)5-7-13/h3-9H,10H2,1-2H3,(H,19,21)(H,20,22). The Labute approximate surface area is 153 Å². The maximum atomic E-state index is 12.1. The van der Waals surface area contributed by atoms with E-state index in [0.717, 1.165) is 4.47 Å². The molecule has 0 aliphatic carbocycles. The molecule has 132 valence electrons. The Morgan fingerprint density at radius 3 is 2.28 bits per heavy atom. The van der Waals surface area contributed by atoms with Crippen molar-refractivity contribution in [2.45, 2.75) is 0 Å². The van der Waals surface area contributed by atoms with Gasteiger partial charge in [-0.1, -0.05) is 15.9 Å². The van der Waals surface area contributed by atoms with Crippen LogP contribution in [0.25, 0.3) is 0 Å². The summed E-state index contributed by atoms with van der Waals surface area (Å²) in [6, 6.07) is 11.7. The summed E-state index contributed by atoms with van der Waals surface area (Å²) in [5, 5.41) is 0. The Morgan fingerprint density at radius 1 is 0.960 bits per heavy atom. The van der Waals surface area contributed by atoms with Gasteiger partial charge in [-0.05, 0) is 42.5 Å². The van der Waals surface area contributed by atoms with Crippen molar-refractivity contribution in [3.63, 3.8) is 0 Å². The second kappa shape index (κ2) is 8.93. The largest absolute Gasteiger partial charge is 0.493 e. The van der Waals surface area contributed by atoms with Crippen LogP contribution in [0.15, 0.2) is 46.9 Å². The Kier molecular flexibility index (Phi) is 6.64. The highest BCUT2D eigenvalue weighted by Gasteiger charge is 2.11. The molecule has 0 aliphatic heterocycles. The first kappa shape index (κ1) is 18.6. The average Bonchev–Trinajstić information content (AvgIpc) is 2.64. The number of ether oxygens (including phenoxy) is 3. The molecule has 2 rings (SSSR count). The number of nitrogens with one attached hydrogen (secondary N) is 2. The molecule has 7 nitrogen and oxygen atoms in total. The van der Waals surface area contributed by atoms with Crippen molar-refractivity contribution in [1.82, 2.24) is 10.9 Å². The summed E-state index contributed by atoms with van der Waals surface area (Å²) < 4.78 is 16.5. The molecule has 0 saturated carbocycles. The molecule has 0 fully saturated rings. The van der Waals surface area contributed by atoms with Crippen LogP contribution in [0, 0.1) is 0 Å². The van der Waals surface area contributed by atoms with Crippen molar-refractivity contribution < 1.29 is 23.8 Å². The summed E-state index contributed by atoms with van der Waals surface area (Å²) in [6.45, 7) is -0.228. The summed E-state index contributed by atoms with van der Waals surface area (Å²) in [5.41, 5.74) is 4.91. The fourth-order valence-corrected chi connectivity index (χ4v) is 2.16. The highest BCUT2D eigenvalue weighted by atomic mass is 79.9. The molecule has 0 bridgehead atoms. The molecule has 0 heterocycles. The molecule has 25 heavy (non-hydrogen) atoms. The third-order valence-electron chi connectivity index (χ3n) is 3.14. The van der Waals surface area contributed by atoms with Crippen LogP contribution in [0.2, 0.25) is 0 Å². The first-order valence-corrected chi connectivity index (χ1v) is 8.02. The number of amides is 2. The third-order valence-corrected chi connectivity index (χ3v) is 3.67. The maximum Gasteiger partial charge on any atom is 0.276 e. The smallest absolute Gasteiger partial charge is 0.276 e. The topological polar surface area (TPSA) is 85.9 Å².